The molecule has 24 heavy (non-hydrogen) atoms. The minimum absolute atomic E-state index is 0.116. The van der Waals surface area contributed by atoms with Crippen LogP contribution in [0, 0.1) is 0 Å². The number of benzene rings is 1. The third kappa shape index (κ3) is 3.77. The van der Waals surface area contributed by atoms with Gasteiger partial charge in [0.1, 0.15) is 5.54 Å². The van der Waals surface area contributed by atoms with Crippen molar-refractivity contribution in [3.05, 3.63) is 29.3 Å². The molecular weight excluding hydrogens is 330 g/mol. The number of sulfone groups is 1. The molecule has 0 heterocycles. The molecule has 6 nitrogen and oxygen atoms in total. The second-order valence-corrected chi connectivity index (χ2v) is 8.33. The second-order valence-electron chi connectivity index (χ2n) is 6.35. The Morgan fingerprint density at radius 3 is 2.33 bits per heavy atom. The van der Waals surface area contributed by atoms with Crippen LogP contribution >= 0.6 is 0 Å². The summed E-state index contributed by atoms with van der Waals surface area (Å²) < 4.78 is 23.8. The fraction of sp³-hybridized carbons (Fsp3) is 0.529. The molecule has 0 atom stereocenters. The summed E-state index contributed by atoms with van der Waals surface area (Å²) in [6, 6.07) is 4.49. The van der Waals surface area contributed by atoms with Crippen LogP contribution in [0.1, 0.15) is 54.9 Å². The van der Waals surface area contributed by atoms with Crippen molar-refractivity contribution in [1.82, 2.24) is 5.32 Å². The van der Waals surface area contributed by atoms with Crippen LogP contribution in [-0.2, 0) is 21.1 Å². The minimum atomic E-state index is -3.46. The Morgan fingerprint density at radius 1 is 1.21 bits per heavy atom. The molecule has 0 radical (unpaired) electrons. The first kappa shape index (κ1) is 18.4. The second kappa shape index (κ2) is 6.93. The van der Waals surface area contributed by atoms with Crippen molar-refractivity contribution in [2.75, 3.05) is 6.26 Å². The first-order chi connectivity index (χ1) is 11.2. The van der Waals surface area contributed by atoms with E-state index in [0.29, 0.717) is 24.8 Å². The lowest BCUT2D eigenvalue weighted by atomic mass is 9.81. The maximum absolute atomic E-state index is 12.5. The van der Waals surface area contributed by atoms with Gasteiger partial charge in [0.2, 0.25) is 0 Å². The number of amides is 1. The van der Waals surface area contributed by atoms with Gasteiger partial charge in [0.15, 0.2) is 9.84 Å². The van der Waals surface area contributed by atoms with E-state index in [0.717, 1.165) is 25.5 Å². The van der Waals surface area contributed by atoms with Crippen LogP contribution in [0.3, 0.4) is 0 Å². The molecule has 1 aliphatic carbocycles. The molecule has 1 saturated carbocycles. The van der Waals surface area contributed by atoms with Gasteiger partial charge in [-0.15, -0.1) is 0 Å². The fourth-order valence-corrected chi connectivity index (χ4v) is 4.20. The molecule has 0 bridgehead atoms. The van der Waals surface area contributed by atoms with Gasteiger partial charge in [-0.2, -0.15) is 0 Å². The van der Waals surface area contributed by atoms with E-state index in [1.165, 1.54) is 6.07 Å². The highest BCUT2D eigenvalue weighted by Gasteiger charge is 2.41. The number of hydrogen-bond donors (Lipinski definition) is 2. The molecule has 1 aromatic carbocycles. The van der Waals surface area contributed by atoms with Crippen LogP contribution < -0.4 is 5.32 Å². The highest BCUT2D eigenvalue weighted by molar-refractivity contribution is 7.90. The maximum atomic E-state index is 12.5. The van der Waals surface area contributed by atoms with Gasteiger partial charge >= 0.3 is 5.97 Å². The Hall–Kier alpha value is -1.89. The summed E-state index contributed by atoms with van der Waals surface area (Å²) in [7, 11) is -3.46. The predicted octanol–water partition coefficient (Wildman–Crippen LogP) is 2.17. The Kier molecular flexibility index (Phi) is 5.32. The smallest absolute Gasteiger partial charge is 0.329 e. The first-order valence-corrected chi connectivity index (χ1v) is 9.97. The Balaban J connectivity index is 2.34. The van der Waals surface area contributed by atoms with Crippen molar-refractivity contribution in [2.24, 2.45) is 0 Å². The topological polar surface area (TPSA) is 101 Å². The van der Waals surface area contributed by atoms with Crippen LogP contribution in [0.4, 0.5) is 0 Å². The number of carboxylic acid groups (broad SMARTS) is 1. The zero-order valence-electron chi connectivity index (χ0n) is 14.0. The van der Waals surface area contributed by atoms with Crippen LogP contribution in [0.5, 0.6) is 0 Å². The van der Waals surface area contributed by atoms with Crippen molar-refractivity contribution >= 4 is 21.7 Å². The lowest BCUT2D eigenvalue weighted by molar-refractivity contribution is -0.145. The Labute approximate surface area is 142 Å². The van der Waals surface area contributed by atoms with Gasteiger partial charge < -0.3 is 10.4 Å². The van der Waals surface area contributed by atoms with E-state index in [1.807, 2.05) is 6.92 Å². The highest BCUT2D eigenvalue weighted by atomic mass is 32.2. The van der Waals surface area contributed by atoms with E-state index in [9.17, 15) is 23.1 Å². The molecule has 2 rings (SSSR count). The molecule has 1 aliphatic rings. The number of carbonyl (C=O) groups excluding carboxylic acids is 1. The standard InChI is InChI=1S/C17H23NO5S/c1-3-12-7-8-13(11-14(12)24(2,22)23)15(19)18-17(16(20)21)9-5-4-6-10-17/h7-8,11H,3-6,9-10H2,1-2H3,(H,18,19)(H,20,21). The molecule has 0 aliphatic heterocycles. The maximum Gasteiger partial charge on any atom is 0.329 e. The van der Waals surface area contributed by atoms with Gasteiger partial charge in [0, 0.05) is 11.8 Å². The van der Waals surface area contributed by atoms with Gasteiger partial charge in [-0.3, -0.25) is 4.79 Å². The van der Waals surface area contributed by atoms with Crippen molar-refractivity contribution in [3.63, 3.8) is 0 Å². The van der Waals surface area contributed by atoms with Gasteiger partial charge in [0.05, 0.1) is 4.90 Å². The summed E-state index contributed by atoms with van der Waals surface area (Å²) in [6.45, 7) is 1.84. The molecule has 2 N–H and O–H groups in total. The Morgan fingerprint density at radius 2 is 1.83 bits per heavy atom. The molecule has 7 heteroatoms. The van der Waals surface area contributed by atoms with Crippen molar-refractivity contribution < 1.29 is 23.1 Å². The zero-order chi connectivity index (χ0) is 18.0. The molecule has 132 valence electrons. The molecule has 1 aromatic rings. The van der Waals surface area contributed by atoms with Crippen LogP contribution in [-0.4, -0.2) is 37.2 Å². The minimum Gasteiger partial charge on any atom is -0.480 e. The number of rotatable bonds is 5. The summed E-state index contributed by atoms with van der Waals surface area (Å²) in [4.78, 5) is 24.3. The third-order valence-electron chi connectivity index (χ3n) is 4.58. The summed E-state index contributed by atoms with van der Waals surface area (Å²) in [5.41, 5.74) is -0.456. The molecule has 0 spiro atoms. The van der Waals surface area contributed by atoms with Crippen LogP contribution in [0.15, 0.2) is 23.1 Å². The number of aryl methyl sites for hydroxylation is 1. The first-order valence-electron chi connectivity index (χ1n) is 8.08. The molecule has 0 saturated heterocycles. The largest absolute Gasteiger partial charge is 0.480 e. The average Bonchev–Trinajstić information content (AvgIpc) is 2.54. The number of carboxylic acids is 1. The van der Waals surface area contributed by atoms with E-state index >= 15 is 0 Å². The van der Waals surface area contributed by atoms with Crippen molar-refractivity contribution in [1.29, 1.82) is 0 Å². The number of aliphatic carboxylic acids is 1. The molecule has 1 amide bonds. The lowest BCUT2D eigenvalue weighted by Gasteiger charge is -2.34. The third-order valence-corrected chi connectivity index (χ3v) is 5.76. The number of nitrogens with one attached hydrogen (secondary N) is 1. The van der Waals surface area contributed by atoms with E-state index in [1.54, 1.807) is 12.1 Å². The molecule has 1 fully saturated rings. The zero-order valence-corrected chi connectivity index (χ0v) is 14.8. The summed E-state index contributed by atoms with van der Waals surface area (Å²) in [5, 5.41) is 12.2. The van der Waals surface area contributed by atoms with Crippen LogP contribution in [0.25, 0.3) is 0 Å². The van der Waals surface area contributed by atoms with Gasteiger partial charge in [-0.25, -0.2) is 13.2 Å². The molecular formula is C17H23NO5S. The normalized spacial score (nSPS) is 17.2. The average molecular weight is 353 g/mol. The summed E-state index contributed by atoms with van der Waals surface area (Å²) in [5.74, 6) is -1.59. The number of hydrogen-bond acceptors (Lipinski definition) is 4. The predicted molar refractivity (Wildman–Crippen MR) is 89.8 cm³/mol. The van der Waals surface area contributed by atoms with E-state index in [2.05, 4.69) is 5.32 Å². The Bertz CT molecular complexity index is 748. The SMILES string of the molecule is CCc1ccc(C(=O)NC2(C(=O)O)CCCCC2)cc1S(C)(=O)=O. The molecule has 0 aromatic heterocycles. The lowest BCUT2D eigenvalue weighted by Crippen LogP contribution is -2.55. The van der Waals surface area contributed by atoms with Gasteiger partial charge in [-0.05, 0) is 37.0 Å². The van der Waals surface area contributed by atoms with E-state index in [-0.39, 0.29) is 10.5 Å². The van der Waals surface area contributed by atoms with Crippen LogP contribution in [0.2, 0.25) is 0 Å². The van der Waals surface area contributed by atoms with Crippen molar-refractivity contribution in [3.8, 4) is 0 Å². The molecule has 0 unspecified atom stereocenters. The van der Waals surface area contributed by atoms with Crippen molar-refractivity contribution in [2.45, 2.75) is 55.9 Å². The van der Waals surface area contributed by atoms with Gasteiger partial charge in [0.25, 0.3) is 5.91 Å². The van der Waals surface area contributed by atoms with Gasteiger partial charge in [-0.1, -0.05) is 32.3 Å². The summed E-state index contributed by atoms with van der Waals surface area (Å²) in [6.07, 6.45) is 4.85. The highest BCUT2D eigenvalue weighted by Crippen LogP contribution is 2.29. The van der Waals surface area contributed by atoms with E-state index in [4.69, 9.17) is 0 Å². The van der Waals surface area contributed by atoms with E-state index < -0.39 is 27.3 Å². The number of carbonyl (C=O) groups is 2. The monoisotopic (exact) mass is 353 g/mol. The quantitative estimate of drug-likeness (QED) is 0.845. The summed E-state index contributed by atoms with van der Waals surface area (Å²) >= 11 is 0. The fourth-order valence-electron chi connectivity index (χ4n) is 3.17.